The average Bonchev–Trinajstić information content (AvgIpc) is 2.05. The Kier molecular flexibility index (Phi) is 2.28. The van der Waals surface area contributed by atoms with E-state index < -0.39 is 0 Å². The Morgan fingerprint density at radius 1 is 1.70 bits per heavy atom. The fourth-order valence-electron chi connectivity index (χ4n) is 0.550. The monoisotopic (exact) mass is 154 g/mol. The number of nitrogens with zero attached hydrogens (tertiary/aromatic N) is 2. The van der Waals surface area contributed by atoms with E-state index in [0.29, 0.717) is 12.1 Å². The van der Waals surface area contributed by atoms with Crippen molar-refractivity contribution < 1.29 is 4.79 Å². The topological polar surface area (TPSA) is 33.2 Å². The van der Waals surface area contributed by atoms with E-state index >= 15 is 0 Å². The van der Waals surface area contributed by atoms with Crippen molar-refractivity contribution in [2.45, 2.75) is 0 Å². The molecule has 1 aromatic heterocycles. The minimum Gasteiger partial charge on any atom is -0.277 e. The summed E-state index contributed by atoms with van der Waals surface area (Å²) in [7, 11) is 0. The minimum absolute atomic E-state index is 0.611. The highest BCUT2D eigenvalue weighted by Crippen LogP contribution is 2.10. The van der Waals surface area contributed by atoms with Crippen LogP contribution in [0.5, 0.6) is 0 Å². The molecule has 10 heavy (non-hydrogen) atoms. The normalized spacial score (nSPS) is 8.90. The van der Waals surface area contributed by atoms with Gasteiger partial charge in [-0.25, -0.2) is 0 Å². The second-order valence-electron chi connectivity index (χ2n) is 1.66. The first-order chi connectivity index (χ1) is 4.84. The molecule has 0 unspecified atom stereocenters. The molecule has 52 valence electrons. The van der Waals surface area contributed by atoms with Crippen molar-refractivity contribution >= 4 is 24.9 Å². The molecule has 0 aromatic carbocycles. The van der Waals surface area contributed by atoms with Crippen molar-refractivity contribution in [2.24, 2.45) is 0 Å². The van der Waals surface area contributed by atoms with Gasteiger partial charge in [0, 0.05) is 6.20 Å². The van der Waals surface area contributed by atoms with Crippen LogP contribution in [0.3, 0.4) is 0 Å². The highest BCUT2D eigenvalue weighted by atomic mass is 32.1. The Labute approximate surface area is 64.2 Å². The molecule has 0 saturated heterocycles. The zero-order valence-electron chi connectivity index (χ0n) is 5.14. The summed E-state index contributed by atoms with van der Waals surface area (Å²) in [5.41, 5.74) is 0.667. The molecule has 1 heterocycles. The Hall–Kier alpha value is -1.03. The molecule has 1 amide bonds. The average molecular weight is 154 g/mol. The molecule has 0 spiro atoms. The number of hydrogen-bond donors (Lipinski definition) is 1. The molecule has 0 aliphatic rings. The summed E-state index contributed by atoms with van der Waals surface area (Å²) >= 11 is 3.84. The predicted octanol–water partition coefficient (Wildman–Crippen LogP) is 0.889. The number of amides is 1. The Bertz CT molecular complexity index is 214. The number of pyridine rings is 1. The third-order valence-electron chi connectivity index (χ3n) is 1.01. The predicted molar refractivity (Wildman–Crippen MR) is 41.8 cm³/mol. The van der Waals surface area contributed by atoms with Crippen molar-refractivity contribution in [2.75, 3.05) is 4.31 Å². The summed E-state index contributed by atoms with van der Waals surface area (Å²) in [5, 5.41) is 0. The summed E-state index contributed by atoms with van der Waals surface area (Å²) in [4.78, 5) is 13.9. The van der Waals surface area contributed by atoms with E-state index in [9.17, 15) is 4.79 Å². The van der Waals surface area contributed by atoms with E-state index in [1.54, 1.807) is 24.5 Å². The maximum absolute atomic E-state index is 10.1. The number of aromatic nitrogens is 1. The van der Waals surface area contributed by atoms with Crippen LogP contribution in [0, 0.1) is 0 Å². The zero-order chi connectivity index (χ0) is 7.40. The molecule has 0 atom stereocenters. The second kappa shape index (κ2) is 3.22. The molecule has 0 radical (unpaired) electrons. The van der Waals surface area contributed by atoms with Gasteiger partial charge in [0.2, 0.25) is 6.41 Å². The standard InChI is InChI=1S/C6H6N2OS/c9-5-8(10)6-2-1-3-7-4-6/h1-5,10H. The first-order valence-electron chi connectivity index (χ1n) is 2.68. The van der Waals surface area contributed by atoms with Crippen molar-refractivity contribution in [1.82, 2.24) is 4.98 Å². The lowest BCUT2D eigenvalue weighted by Gasteiger charge is -2.05. The van der Waals surface area contributed by atoms with E-state index in [2.05, 4.69) is 17.8 Å². The molecular formula is C6H6N2OS. The van der Waals surface area contributed by atoms with E-state index in [1.807, 2.05) is 0 Å². The van der Waals surface area contributed by atoms with Crippen molar-refractivity contribution in [3.05, 3.63) is 24.5 Å². The van der Waals surface area contributed by atoms with Gasteiger partial charge in [-0.15, -0.1) is 0 Å². The molecule has 3 nitrogen and oxygen atoms in total. The maximum Gasteiger partial charge on any atom is 0.224 e. The van der Waals surface area contributed by atoms with Crippen molar-refractivity contribution in [3.8, 4) is 0 Å². The molecular weight excluding hydrogens is 148 g/mol. The van der Waals surface area contributed by atoms with Crippen LogP contribution < -0.4 is 4.31 Å². The van der Waals surface area contributed by atoms with Crippen LogP contribution in [0.1, 0.15) is 0 Å². The van der Waals surface area contributed by atoms with Crippen LogP contribution in [-0.2, 0) is 4.79 Å². The van der Waals surface area contributed by atoms with Crippen molar-refractivity contribution in [1.29, 1.82) is 0 Å². The number of carbonyl (C=O) groups excluding carboxylic acids is 1. The van der Waals surface area contributed by atoms with E-state index in [4.69, 9.17) is 0 Å². The van der Waals surface area contributed by atoms with Gasteiger partial charge in [0.05, 0.1) is 11.9 Å². The number of rotatable bonds is 2. The summed E-state index contributed by atoms with van der Waals surface area (Å²) in [5.74, 6) is 0. The van der Waals surface area contributed by atoms with Gasteiger partial charge >= 0.3 is 0 Å². The zero-order valence-corrected chi connectivity index (χ0v) is 6.03. The lowest BCUT2D eigenvalue weighted by atomic mass is 10.4. The number of anilines is 1. The number of carbonyl (C=O) groups is 1. The molecule has 1 rings (SSSR count). The Balaban J connectivity index is 2.84. The molecule has 0 bridgehead atoms. The second-order valence-corrected chi connectivity index (χ2v) is 2.09. The highest BCUT2D eigenvalue weighted by molar-refractivity contribution is 7.82. The van der Waals surface area contributed by atoms with Crippen LogP contribution in [0.2, 0.25) is 0 Å². The smallest absolute Gasteiger partial charge is 0.224 e. The van der Waals surface area contributed by atoms with Gasteiger partial charge in [-0.05, 0) is 12.1 Å². The third-order valence-corrected chi connectivity index (χ3v) is 1.34. The largest absolute Gasteiger partial charge is 0.277 e. The summed E-state index contributed by atoms with van der Waals surface area (Å²) < 4.78 is 1.16. The van der Waals surface area contributed by atoms with Gasteiger partial charge in [0.15, 0.2) is 0 Å². The Morgan fingerprint density at radius 3 is 3.00 bits per heavy atom. The first kappa shape index (κ1) is 7.08. The molecule has 0 aliphatic carbocycles. The summed E-state index contributed by atoms with van der Waals surface area (Å²) in [6.07, 6.45) is 3.80. The van der Waals surface area contributed by atoms with E-state index in [-0.39, 0.29) is 0 Å². The van der Waals surface area contributed by atoms with Crippen LogP contribution in [-0.4, -0.2) is 11.4 Å². The van der Waals surface area contributed by atoms with Gasteiger partial charge in [-0.3, -0.25) is 14.1 Å². The SMILES string of the molecule is O=CN(S)c1cccnc1. The quantitative estimate of drug-likeness (QED) is 0.507. The number of hydrogen-bond acceptors (Lipinski definition) is 3. The molecule has 1 aromatic rings. The molecule has 4 heteroatoms. The molecule has 0 aliphatic heterocycles. The van der Waals surface area contributed by atoms with Gasteiger partial charge < -0.3 is 0 Å². The first-order valence-corrected chi connectivity index (χ1v) is 3.08. The van der Waals surface area contributed by atoms with Crippen LogP contribution in [0.25, 0.3) is 0 Å². The van der Waals surface area contributed by atoms with Crippen LogP contribution >= 0.6 is 12.8 Å². The van der Waals surface area contributed by atoms with Gasteiger partial charge in [0.25, 0.3) is 0 Å². The molecule has 0 N–H and O–H groups in total. The van der Waals surface area contributed by atoms with Crippen LogP contribution in [0.15, 0.2) is 24.5 Å². The van der Waals surface area contributed by atoms with Crippen molar-refractivity contribution in [3.63, 3.8) is 0 Å². The van der Waals surface area contributed by atoms with Gasteiger partial charge in [0.1, 0.15) is 0 Å². The fourth-order valence-corrected chi connectivity index (χ4v) is 0.668. The third kappa shape index (κ3) is 1.48. The molecule has 0 saturated carbocycles. The Morgan fingerprint density at radius 2 is 2.50 bits per heavy atom. The fraction of sp³-hybridized carbons (Fsp3) is 0. The lowest BCUT2D eigenvalue weighted by Crippen LogP contribution is -2.05. The van der Waals surface area contributed by atoms with Gasteiger partial charge in [-0.2, -0.15) is 0 Å². The van der Waals surface area contributed by atoms with Gasteiger partial charge in [-0.1, -0.05) is 12.8 Å². The highest BCUT2D eigenvalue weighted by Gasteiger charge is 1.95. The minimum atomic E-state index is 0.611. The van der Waals surface area contributed by atoms with E-state index in [0.717, 1.165) is 4.31 Å². The maximum atomic E-state index is 10.1. The number of thiol groups is 1. The molecule has 0 fully saturated rings. The summed E-state index contributed by atoms with van der Waals surface area (Å²) in [6.45, 7) is 0. The summed E-state index contributed by atoms with van der Waals surface area (Å²) in [6, 6.07) is 3.48. The van der Waals surface area contributed by atoms with E-state index in [1.165, 1.54) is 0 Å². The lowest BCUT2D eigenvalue weighted by molar-refractivity contribution is -0.106. The van der Waals surface area contributed by atoms with Crippen LogP contribution in [0.4, 0.5) is 5.69 Å².